The first kappa shape index (κ1) is 19.6. The average Bonchev–Trinajstić information content (AvgIpc) is 2.84. The number of hydrogen-bond donors (Lipinski definition) is 0. The number of benzene rings is 1. The van der Waals surface area contributed by atoms with Crippen molar-refractivity contribution in [3.8, 4) is 22.8 Å². The zero-order valence-corrected chi connectivity index (χ0v) is 17.0. The molecule has 0 radical (unpaired) electrons. The number of carbonyl (C=O) groups excluding carboxylic acids is 1. The molecule has 1 amide bonds. The smallest absolute Gasteiger partial charge is 0.257 e. The molecule has 0 N–H and O–H groups in total. The Morgan fingerprint density at radius 1 is 0.967 bits per heavy atom. The van der Waals surface area contributed by atoms with Crippen LogP contribution in [-0.2, 0) is 0 Å². The summed E-state index contributed by atoms with van der Waals surface area (Å²) in [6.45, 7) is 2.54. The van der Waals surface area contributed by atoms with Crippen molar-refractivity contribution in [3.63, 3.8) is 0 Å². The predicted molar refractivity (Wildman–Crippen MR) is 113 cm³/mol. The van der Waals surface area contributed by atoms with Crippen LogP contribution in [0.3, 0.4) is 0 Å². The van der Waals surface area contributed by atoms with Crippen LogP contribution in [0.4, 0.5) is 5.82 Å². The summed E-state index contributed by atoms with van der Waals surface area (Å²) in [6, 6.07) is 13.0. The Morgan fingerprint density at radius 2 is 1.80 bits per heavy atom. The molecule has 1 aliphatic heterocycles. The van der Waals surface area contributed by atoms with Gasteiger partial charge in [0.15, 0.2) is 5.82 Å². The number of aromatic nitrogens is 3. The Kier molecular flexibility index (Phi) is 5.74. The van der Waals surface area contributed by atoms with Crippen LogP contribution in [0.2, 0.25) is 0 Å². The van der Waals surface area contributed by atoms with Crippen molar-refractivity contribution in [1.29, 1.82) is 0 Å². The lowest BCUT2D eigenvalue weighted by Crippen LogP contribution is -2.49. The standard InChI is InChI=1S/C22H23N5O3/c1-29-17-5-7-20(30-2)18(14-17)22(28)27-12-10-26(11-13-27)21-8-6-19(24-25-21)16-4-3-9-23-15-16/h3-9,14-15H,10-13H2,1-2H3. The highest BCUT2D eigenvalue weighted by Crippen LogP contribution is 2.26. The van der Waals surface area contributed by atoms with Crippen LogP contribution in [0.5, 0.6) is 11.5 Å². The molecule has 1 aliphatic rings. The number of methoxy groups -OCH3 is 2. The van der Waals surface area contributed by atoms with Gasteiger partial charge in [0.1, 0.15) is 11.5 Å². The maximum Gasteiger partial charge on any atom is 0.257 e. The van der Waals surface area contributed by atoms with Crippen LogP contribution in [0.15, 0.2) is 54.9 Å². The molecule has 1 fully saturated rings. The van der Waals surface area contributed by atoms with Crippen molar-refractivity contribution in [2.45, 2.75) is 0 Å². The first-order chi connectivity index (χ1) is 14.7. The van der Waals surface area contributed by atoms with Gasteiger partial charge in [0.2, 0.25) is 0 Å². The van der Waals surface area contributed by atoms with Crippen LogP contribution in [0.1, 0.15) is 10.4 Å². The van der Waals surface area contributed by atoms with E-state index in [2.05, 4.69) is 20.1 Å². The summed E-state index contributed by atoms with van der Waals surface area (Å²) >= 11 is 0. The Morgan fingerprint density at radius 3 is 2.43 bits per heavy atom. The molecule has 3 heterocycles. The molecule has 4 rings (SSSR count). The molecular weight excluding hydrogens is 382 g/mol. The number of rotatable bonds is 5. The number of carbonyl (C=O) groups is 1. The number of pyridine rings is 1. The van der Waals surface area contributed by atoms with Crippen LogP contribution in [-0.4, -0.2) is 66.4 Å². The third-order valence-electron chi connectivity index (χ3n) is 5.14. The fourth-order valence-corrected chi connectivity index (χ4v) is 3.45. The zero-order chi connectivity index (χ0) is 20.9. The lowest BCUT2D eigenvalue weighted by Gasteiger charge is -2.35. The fraction of sp³-hybridized carbons (Fsp3) is 0.273. The minimum absolute atomic E-state index is 0.0663. The van der Waals surface area contributed by atoms with E-state index in [9.17, 15) is 4.79 Å². The highest BCUT2D eigenvalue weighted by atomic mass is 16.5. The minimum atomic E-state index is -0.0663. The number of nitrogens with zero attached hydrogens (tertiary/aromatic N) is 5. The molecule has 3 aromatic rings. The van der Waals surface area contributed by atoms with Gasteiger partial charge >= 0.3 is 0 Å². The SMILES string of the molecule is COc1ccc(OC)c(C(=O)N2CCN(c3ccc(-c4cccnc4)nn3)CC2)c1. The first-order valence-electron chi connectivity index (χ1n) is 9.70. The molecule has 1 aromatic carbocycles. The normalized spacial score (nSPS) is 13.8. The molecule has 8 nitrogen and oxygen atoms in total. The highest BCUT2D eigenvalue weighted by Gasteiger charge is 2.25. The molecule has 0 saturated carbocycles. The second-order valence-corrected chi connectivity index (χ2v) is 6.86. The van der Waals surface area contributed by atoms with E-state index in [1.807, 2.05) is 29.2 Å². The Balaban J connectivity index is 1.42. The molecule has 8 heteroatoms. The highest BCUT2D eigenvalue weighted by molar-refractivity contribution is 5.97. The maximum atomic E-state index is 13.0. The molecule has 0 aliphatic carbocycles. The van der Waals surface area contributed by atoms with E-state index >= 15 is 0 Å². The van der Waals surface area contributed by atoms with Gasteiger partial charge in [0, 0.05) is 44.1 Å². The number of amides is 1. The molecule has 0 unspecified atom stereocenters. The van der Waals surface area contributed by atoms with Gasteiger partial charge in [-0.15, -0.1) is 10.2 Å². The van der Waals surface area contributed by atoms with E-state index < -0.39 is 0 Å². The van der Waals surface area contributed by atoms with Gasteiger partial charge in [-0.3, -0.25) is 9.78 Å². The number of hydrogen-bond acceptors (Lipinski definition) is 7. The number of anilines is 1. The van der Waals surface area contributed by atoms with Crippen LogP contribution in [0, 0.1) is 0 Å². The Labute approximate surface area is 175 Å². The molecule has 1 saturated heterocycles. The van der Waals surface area contributed by atoms with Gasteiger partial charge in [-0.1, -0.05) is 0 Å². The van der Waals surface area contributed by atoms with Crippen molar-refractivity contribution in [2.75, 3.05) is 45.3 Å². The van der Waals surface area contributed by atoms with E-state index in [0.29, 0.717) is 43.2 Å². The predicted octanol–water partition coefficient (Wildman–Crippen LogP) is 2.52. The van der Waals surface area contributed by atoms with Crippen molar-refractivity contribution in [3.05, 3.63) is 60.4 Å². The quantitative estimate of drug-likeness (QED) is 0.645. The molecule has 0 spiro atoms. The molecule has 30 heavy (non-hydrogen) atoms. The van der Waals surface area contributed by atoms with Crippen molar-refractivity contribution < 1.29 is 14.3 Å². The van der Waals surface area contributed by atoms with E-state index in [4.69, 9.17) is 9.47 Å². The Bertz CT molecular complexity index is 1000. The van der Waals surface area contributed by atoms with Crippen molar-refractivity contribution in [1.82, 2.24) is 20.1 Å². The van der Waals surface area contributed by atoms with Gasteiger partial charge in [-0.05, 0) is 42.5 Å². The lowest BCUT2D eigenvalue weighted by molar-refractivity contribution is 0.0742. The van der Waals surface area contributed by atoms with Gasteiger partial charge < -0.3 is 19.3 Å². The Hall–Kier alpha value is -3.68. The summed E-state index contributed by atoms with van der Waals surface area (Å²) < 4.78 is 10.6. The minimum Gasteiger partial charge on any atom is -0.497 e. The summed E-state index contributed by atoms with van der Waals surface area (Å²) in [4.78, 5) is 21.1. The molecule has 154 valence electrons. The van der Waals surface area contributed by atoms with Crippen molar-refractivity contribution >= 4 is 11.7 Å². The number of ether oxygens (including phenoxy) is 2. The molecule has 2 aromatic heterocycles. The maximum absolute atomic E-state index is 13.0. The summed E-state index contributed by atoms with van der Waals surface area (Å²) in [5, 5.41) is 8.69. The topological polar surface area (TPSA) is 80.7 Å². The largest absolute Gasteiger partial charge is 0.497 e. The molecule has 0 atom stereocenters. The fourth-order valence-electron chi connectivity index (χ4n) is 3.45. The van der Waals surface area contributed by atoms with E-state index in [0.717, 1.165) is 17.1 Å². The second kappa shape index (κ2) is 8.77. The van der Waals surface area contributed by atoms with E-state index in [1.54, 1.807) is 44.8 Å². The third kappa shape index (κ3) is 4.03. The van der Waals surface area contributed by atoms with Gasteiger partial charge in [-0.25, -0.2) is 0 Å². The van der Waals surface area contributed by atoms with Crippen LogP contribution in [0.25, 0.3) is 11.3 Å². The second-order valence-electron chi connectivity index (χ2n) is 6.86. The van der Waals surface area contributed by atoms with E-state index in [-0.39, 0.29) is 5.91 Å². The van der Waals surface area contributed by atoms with Crippen LogP contribution >= 0.6 is 0 Å². The first-order valence-corrected chi connectivity index (χ1v) is 9.70. The third-order valence-corrected chi connectivity index (χ3v) is 5.14. The molecule has 0 bridgehead atoms. The lowest BCUT2D eigenvalue weighted by atomic mass is 10.1. The van der Waals surface area contributed by atoms with Crippen molar-refractivity contribution in [2.24, 2.45) is 0 Å². The average molecular weight is 405 g/mol. The summed E-state index contributed by atoms with van der Waals surface area (Å²) in [7, 11) is 3.14. The summed E-state index contributed by atoms with van der Waals surface area (Å²) in [5.41, 5.74) is 2.22. The van der Waals surface area contributed by atoms with E-state index in [1.165, 1.54) is 0 Å². The van der Waals surface area contributed by atoms with Gasteiger partial charge in [0.05, 0.1) is 25.5 Å². The molecular formula is C22H23N5O3. The van der Waals surface area contributed by atoms with Gasteiger partial charge in [0.25, 0.3) is 5.91 Å². The zero-order valence-electron chi connectivity index (χ0n) is 17.0. The van der Waals surface area contributed by atoms with Gasteiger partial charge in [-0.2, -0.15) is 0 Å². The summed E-state index contributed by atoms with van der Waals surface area (Å²) in [5.74, 6) is 1.90. The van der Waals surface area contributed by atoms with Crippen LogP contribution < -0.4 is 14.4 Å². The monoisotopic (exact) mass is 405 g/mol. The summed E-state index contributed by atoms with van der Waals surface area (Å²) in [6.07, 6.45) is 3.49. The number of piperazine rings is 1.